The van der Waals surface area contributed by atoms with Crippen LogP contribution in [0.3, 0.4) is 0 Å². The van der Waals surface area contributed by atoms with Crippen molar-refractivity contribution in [2.24, 2.45) is 0 Å². The molecule has 0 saturated carbocycles. The van der Waals surface area contributed by atoms with E-state index < -0.39 is 6.10 Å². The first-order valence-corrected chi connectivity index (χ1v) is 11.9. The molecule has 32 heavy (non-hydrogen) atoms. The molecule has 1 heterocycles. The highest BCUT2D eigenvalue weighted by molar-refractivity contribution is 5.40. The van der Waals surface area contributed by atoms with E-state index >= 15 is 0 Å². The fraction of sp³-hybridized carbons (Fsp3) is 0.519. The Morgan fingerprint density at radius 2 is 1.59 bits per heavy atom. The normalized spacial score (nSPS) is 17.1. The molecule has 0 spiro atoms. The van der Waals surface area contributed by atoms with Crippen LogP contribution in [-0.2, 0) is 0 Å². The molecule has 5 heteroatoms. The molecule has 0 bridgehead atoms. The fourth-order valence-corrected chi connectivity index (χ4v) is 4.63. The van der Waals surface area contributed by atoms with Gasteiger partial charge in [-0.1, -0.05) is 31.2 Å². The molecular formula is C27H36FN3O. The lowest BCUT2D eigenvalue weighted by Gasteiger charge is -2.35. The van der Waals surface area contributed by atoms with E-state index in [2.05, 4.69) is 34.9 Å². The summed E-state index contributed by atoms with van der Waals surface area (Å²) in [5.41, 5.74) is 3.98. The molecule has 4 nitrogen and oxygen atoms in total. The van der Waals surface area contributed by atoms with Gasteiger partial charge < -0.3 is 14.9 Å². The number of hydrogen-bond donors (Lipinski definition) is 1. The number of rotatable bonds is 10. The summed E-state index contributed by atoms with van der Waals surface area (Å²) >= 11 is 0. The Balaban J connectivity index is 1.36. The van der Waals surface area contributed by atoms with Crippen LogP contribution in [0.1, 0.15) is 66.9 Å². The molecule has 2 aromatic rings. The molecule has 0 aromatic heterocycles. The predicted molar refractivity (Wildman–Crippen MR) is 127 cm³/mol. The minimum Gasteiger partial charge on any atom is -0.388 e. The molecule has 172 valence electrons. The summed E-state index contributed by atoms with van der Waals surface area (Å²) in [7, 11) is 0. The second kappa shape index (κ2) is 12.1. The predicted octanol–water partition coefficient (Wildman–Crippen LogP) is 5.02. The third kappa shape index (κ3) is 6.87. The van der Waals surface area contributed by atoms with Crippen molar-refractivity contribution in [3.05, 3.63) is 70.5 Å². The van der Waals surface area contributed by atoms with E-state index in [1.807, 2.05) is 13.0 Å². The lowest BCUT2D eigenvalue weighted by Crippen LogP contribution is -2.46. The van der Waals surface area contributed by atoms with Crippen LogP contribution in [0.25, 0.3) is 0 Å². The van der Waals surface area contributed by atoms with Crippen molar-refractivity contribution in [3.8, 4) is 6.07 Å². The fourth-order valence-electron chi connectivity index (χ4n) is 4.63. The number of aryl methyl sites for hydroxylation is 1. The zero-order valence-electron chi connectivity index (χ0n) is 19.4. The Bertz CT molecular complexity index is 885. The van der Waals surface area contributed by atoms with Crippen LogP contribution in [0.15, 0.2) is 42.5 Å². The van der Waals surface area contributed by atoms with Crippen molar-refractivity contribution >= 4 is 0 Å². The summed E-state index contributed by atoms with van der Waals surface area (Å²) in [6.45, 7) is 10.5. The van der Waals surface area contributed by atoms with Gasteiger partial charge in [0.2, 0.25) is 0 Å². The molecule has 1 aliphatic heterocycles. The first kappa shape index (κ1) is 24.4. The molecule has 1 aliphatic rings. The van der Waals surface area contributed by atoms with E-state index in [0.29, 0.717) is 12.3 Å². The summed E-state index contributed by atoms with van der Waals surface area (Å²) in [5.74, 6) is 0.282. The molecule has 1 N–H and O–H groups in total. The first-order valence-electron chi connectivity index (χ1n) is 11.9. The van der Waals surface area contributed by atoms with Crippen LogP contribution in [0.4, 0.5) is 4.39 Å². The van der Waals surface area contributed by atoms with Gasteiger partial charge in [0.05, 0.1) is 17.7 Å². The third-order valence-corrected chi connectivity index (χ3v) is 6.80. The van der Waals surface area contributed by atoms with Gasteiger partial charge in [0.1, 0.15) is 5.82 Å². The van der Waals surface area contributed by atoms with E-state index in [1.54, 1.807) is 12.1 Å². The number of halogens is 1. The van der Waals surface area contributed by atoms with E-state index in [-0.39, 0.29) is 5.82 Å². The third-order valence-electron chi connectivity index (χ3n) is 6.80. The molecule has 2 atom stereocenters. The largest absolute Gasteiger partial charge is 0.388 e. The molecule has 0 radical (unpaired) electrons. The van der Waals surface area contributed by atoms with Crippen molar-refractivity contribution in [3.63, 3.8) is 0 Å². The van der Waals surface area contributed by atoms with Gasteiger partial charge in [-0.15, -0.1) is 0 Å². The Morgan fingerprint density at radius 1 is 0.969 bits per heavy atom. The van der Waals surface area contributed by atoms with Crippen LogP contribution in [-0.4, -0.2) is 54.2 Å². The summed E-state index contributed by atoms with van der Waals surface area (Å²) in [4.78, 5) is 4.96. The summed E-state index contributed by atoms with van der Waals surface area (Å²) in [5, 5.41) is 19.5. The van der Waals surface area contributed by atoms with Crippen molar-refractivity contribution in [1.82, 2.24) is 9.80 Å². The number of piperazine rings is 1. The van der Waals surface area contributed by atoms with E-state index in [4.69, 9.17) is 5.26 Å². The summed E-state index contributed by atoms with van der Waals surface area (Å²) < 4.78 is 13.0. The molecule has 3 rings (SSSR count). The minimum absolute atomic E-state index is 0.269. The molecule has 2 aromatic carbocycles. The van der Waals surface area contributed by atoms with E-state index in [1.165, 1.54) is 30.5 Å². The van der Waals surface area contributed by atoms with Crippen LogP contribution in [0.5, 0.6) is 0 Å². The van der Waals surface area contributed by atoms with E-state index in [9.17, 15) is 9.50 Å². The second-order valence-electron chi connectivity index (χ2n) is 8.97. The van der Waals surface area contributed by atoms with Gasteiger partial charge in [-0.25, -0.2) is 4.39 Å². The number of aliphatic hydroxyl groups is 1. The zero-order valence-corrected chi connectivity index (χ0v) is 19.4. The maximum absolute atomic E-state index is 13.0. The number of nitrogens with zero attached hydrogens (tertiary/aromatic N) is 3. The van der Waals surface area contributed by atoms with E-state index in [0.717, 1.165) is 62.4 Å². The summed E-state index contributed by atoms with van der Waals surface area (Å²) in [6.07, 6.45) is 3.61. The topological polar surface area (TPSA) is 50.5 Å². The maximum Gasteiger partial charge on any atom is 0.123 e. The van der Waals surface area contributed by atoms with Gasteiger partial charge in [0.25, 0.3) is 0 Å². The monoisotopic (exact) mass is 437 g/mol. The number of hydrogen-bond acceptors (Lipinski definition) is 4. The lowest BCUT2D eigenvalue weighted by atomic mass is 9.90. The highest BCUT2D eigenvalue weighted by Gasteiger charge is 2.19. The molecule has 1 saturated heterocycles. The maximum atomic E-state index is 13.0. The average Bonchev–Trinajstić information content (AvgIpc) is 2.81. The van der Waals surface area contributed by atoms with Crippen LogP contribution in [0, 0.1) is 24.1 Å². The number of nitriles is 1. The molecule has 0 amide bonds. The second-order valence-corrected chi connectivity index (χ2v) is 8.97. The van der Waals surface area contributed by atoms with Crippen LogP contribution in [0.2, 0.25) is 0 Å². The Labute approximate surface area is 192 Å². The first-order chi connectivity index (χ1) is 15.5. The average molecular weight is 438 g/mol. The SMILES string of the molecule is CCC(CCCN1CCN(CCC(O)c2ccc(F)cc2)CC1)c1ccc(C#N)c(C)c1. The van der Waals surface area contributed by atoms with Crippen LogP contribution < -0.4 is 0 Å². The highest BCUT2D eigenvalue weighted by Crippen LogP contribution is 2.27. The van der Waals surface area contributed by atoms with Gasteiger partial charge in [-0.05, 0) is 80.0 Å². The molecule has 1 fully saturated rings. The minimum atomic E-state index is -0.537. The molecular weight excluding hydrogens is 401 g/mol. The Hall–Kier alpha value is -2.26. The Kier molecular flexibility index (Phi) is 9.23. The van der Waals surface area contributed by atoms with Crippen molar-refractivity contribution in [2.75, 3.05) is 39.3 Å². The highest BCUT2D eigenvalue weighted by atomic mass is 19.1. The molecule has 0 aliphatic carbocycles. The summed E-state index contributed by atoms with van der Waals surface area (Å²) in [6, 6.07) is 14.7. The zero-order chi connectivity index (χ0) is 22.9. The van der Waals surface area contributed by atoms with Gasteiger partial charge in [0, 0.05) is 32.7 Å². The Morgan fingerprint density at radius 3 is 2.19 bits per heavy atom. The van der Waals surface area contributed by atoms with Gasteiger partial charge in [0.15, 0.2) is 0 Å². The smallest absolute Gasteiger partial charge is 0.123 e. The van der Waals surface area contributed by atoms with Gasteiger partial charge >= 0.3 is 0 Å². The van der Waals surface area contributed by atoms with Crippen molar-refractivity contribution < 1.29 is 9.50 Å². The van der Waals surface area contributed by atoms with Crippen LogP contribution >= 0.6 is 0 Å². The van der Waals surface area contributed by atoms with Crippen molar-refractivity contribution in [2.45, 2.75) is 51.6 Å². The lowest BCUT2D eigenvalue weighted by molar-refractivity contribution is 0.101. The standard InChI is InChI=1S/C27H36FN3O/c1-3-22(24-6-7-25(20-29)21(2)19-24)5-4-13-30-15-17-31(18-16-30)14-12-27(32)23-8-10-26(28)11-9-23/h6-11,19,22,27,32H,3-5,12-18H2,1-2H3. The van der Waals surface area contributed by atoms with Gasteiger partial charge in [-0.3, -0.25) is 0 Å². The number of benzene rings is 2. The molecule has 2 unspecified atom stereocenters. The van der Waals surface area contributed by atoms with Gasteiger partial charge in [-0.2, -0.15) is 5.26 Å². The number of aliphatic hydroxyl groups excluding tert-OH is 1. The quantitative estimate of drug-likeness (QED) is 0.567. The van der Waals surface area contributed by atoms with Crippen molar-refractivity contribution in [1.29, 1.82) is 5.26 Å².